The van der Waals surface area contributed by atoms with E-state index in [9.17, 15) is 19.6 Å². The Balaban J connectivity index is 1.10. The summed E-state index contributed by atoms with van der Waals surface area (Å²) in [5, 5.41) is 19.0. The summed E-state index contributed by atoms with van der Waals surface area (Å²) in [6.45, 7) is 14.5. The van der Waals surface area contributed by atoms with Gasteiger partial charge in [-0.05, 0) is 94.7 Å². The molecule has 0 bridgehead atoms. The highest BCUT2D eigenvalue weighted by molar-refractivity contribution is 6.01. The molecule has 1 saturated carbocycles. The summed E-state index contributed by atoms with van der Waals surface area (Å²) in [4.78, 5) is 40.8. The van der Waals surface area contributed by atoms with Crippen molar-refractivity contribution in [3.05, 3.63) is 65.0 Å². The normalized spacial score (nSPS) is 20.6. The first-order valence-corrected chi connectivity index (χ1v) is 17.7. The van der Waals surface area contributed by atoms with E-state index in [1.165, 1.54) is 0 Å². The van der Waals surface area contributed by atoms with Crippen molar-refractivity contribution in [3.8, 4) is 17.2 Å². The number of imide groups is 1. The average molecular weight is 681 g/mol. The van der Waals surface area contributed by atoms with Crippen molar-refractivity contribution in [3.63, 3.8) is 0 Å². The number of benzene rings is 2. The lowest BCUT2D eigenvalue weighted by molar-refractivity contribution is -0.137. The second kappa shape index (κ2) is 14.4. The van der Waals surface area contributed by atoms with Crippen LogP contribution in [0.15, 0.2) is 47.0 Å². The van der Waals surface area contributed by atoms with Crippen LogP contribution in [0, 0.1) is 38.0 Å². The van der Waals surface area contributed by atoms with E-state index in [2.05, 4.69) is 102 Å². The van der Waals surface area contributed by atoms with Gasteiger partial charge in [-0.15, -0.1) is 0 Å². The standard InChI is InChI=1S/C39H48N6O5/c1-23-7-8-29(37-26(4)43-50-28(37)6)18-34(23)45(31-11-9-30(10-12-31)39(22-40)15-16-39)19-25(3)49-32-20-44(21-32)27(5)24(2)17-36(47)41-33-13-14-35(46)42-38(33)48/h7-12,18,24-25,27,32-33H,13-17,19-21H2,1-6H3,(H,41,47)(H,42,46,48)/t24?,25?,27-,33?/m1/s1. The van der Waals surface area contributed by atoms with E-state index < -0.39 is 11.9 Å². The number of nitrogens with zero attached hydrogens (tertiary/aromatic N) is 4. The molecule has 3 amide bonds. The number of anilines is 2. The van der Waals surface area contributed by atoms with Crippen LogP contribution in [0.5, 0.6) is 0 Å². The summed E-state index contributed by atoms with van der Waals surface area (Å²) in [6, 6.07) is 16.9. The zero-order valence-corrected chi connectivity index (χ0v) is 29.9. The van der Waals surface area contributed by atoms with E-state index in [0.717, 1.165) is 71.0 Å². The van der Waals surface area contributed by atoms with Crippen LogP contribution in [0.3, 0.4) is 0 Å². The molecule has 2 aliphatic heterocycles. The maximum Gasteiger partial charge on any atom is 0.249 e. The topological polar surface area (TPSA) is 141 Å². The van der Waals surface area contributed by atoms with Gasteiger partial charge in [0.05, 0.1) is 29.4 Å². The van der Waals surface area contributed by atoms with Gasteiger partial charge in [0.15, 0.2) is 0 Å². The van der Waals surface area contributed by atoms with Gasteiger partial charge in [0.1, 0.15) is 11.8 Å². The highest BCUT2D eigenvalue weighted by Crippen LogP contribution is 2.48. The predicted molar refractivity (Wildman–Crippen MR) is 190 cm³/mol. The van der Waals surface area contributed by atoms with Crippen molar-refractivity contribution in [1.29, 1.82) is 5.26 Å². The van der Waals surface area contributed by atoms with Crippen LogP contribution in [0.2, 0.25) is 0 Å². The van der Waals surface area contributed by atoms with Crippen molar-refractivity contribution < 1.29 is 23.6 Å². The Bertz CT molecular complexity index is 1770. The molecule has 50 heavy (non-hydrogen) atoms. The number of nitriles is 1. The molecule has 3 aliphatic rings. The molecule has 3 fully saturated rings. The number of aryl methyl sites for hydroxylation is 3. The van der Waals surface area contributed by atoms with E-state index in [0.29, 0.717) is 19.4 Å². The molecule has 3 unspecified atom stereocenters. The molecule has 0 spiro atoms. The molecule has 264 valence electrons. The van der Waals surface area contributed by atoms with Gasteiger partial charge in [-0.1, -0.05) is 36.3 Å². The summed E-state index contributed by atoms with van der Waals surface area (Å²) in [5.41, 5.74) is 6.85. The van der Waals surface area contributed by atoms with E-state index in [1.54, 1.807) is 0 Å². The lowest BCUT2D eigenvalue weighted by Crippen LogP contribution is -2.58. The van der Waals surface area contributed by atoms with Gasteiger partial charge in [-0.25, -0.2) is 0 Å². The number of amides is 3. The number of rotatable bonds is 13. The summed E-state index contributed by atoms with van der Waals surface area (Å²) < 4.78 is 12.1. The Morgan fingerprint density at radius 1 is 1.14 bits per heavy atom. The maximum absolute atomic E-state index is 12.7. The predicted octanol–water partition coefficient (Wildman–Crippen LogP) is 5.39. The molecule has 3 heterocycles. The molecule has 1 aliphatic carbocycles. The molecule has 0 radical (unpaired) electrons. The van der Waals surface area contributed by atoms with Crippen LogP contribution >= 0.6 is 0 Å². The smallest absolute Gasteiger partial charge is 0.249 e. The zero-order chi connectivity index (χ0) is 35.7. The third-order valence-electron chi connectivity index (χ3n) is 10.7. The van der Waals surface area contributed by atoms with Crippen LogP contribution in [0.4, 0.5) is 11.4 Å². The Kier molecular flexibility index (Phi) is 10.1. The van der Waals surface area contributed by atoms with E-state index in [1.807, 2.05) is 13.8 Å². The Labute approximate surface area is 294 Å². The molecular formula is C39H48N6O5. The third-order valence-corrected chi connectivity index (χ3v) is 10.7. The monoisotopic (exact) mass is 680 g/mol. The van der Waals surface area contributed by atoms with Crippen molar-refractivity contribution in [2.75, 3.05) is 24.5 Å². The van der Waals surface area contributed by atoms with Crippen molar-refractivity contribution in [1.82, 2.24) is 20.7 Å². The highest BCUT2D eigenvalue weighted by atomic mass is 16.5. The van der Waals surface area contributed by atoms with Crippen LogP contribution in [0.25, 0.3) is 11.1 Å². The first-order chi connectivity index (χ1) is 23.9. The van der Waals surface area contributed by atoms with Gasteiger partial charge in [0.25, 0.3) is 0 Å². The molecule has 4 atom stereocenters. The molecule has 3 aromatic rings. The fourth-order valence-corrected chi connectivity index (χ4v) is 7.27. The number of hydrogen-bond acceptors (Lipinski definition) is 9. The second-order valence-corrected chi connectivity index (χ2v) is 14.6. The third kappa shape index (κ3) is 7.47. The largest absolute Gasteiger partial charge is 0.371 e. The van der Waals surface area contributed by atoms with Gasteiger partial charge in [0.2, 0.25) is 17.7 Å². The van der Waals surface area contributed by atoms with Gasteiger partial charge in [-0.2, -0.15) is 5.26 Å². The van der Waals surface area contributed by atoms with Gasteiger partial charge in [0, 0.05) is 55.5 Å². The average Bonchev–Trinajstić information content (AvgIpc) is 3.80. The van der Waals surface area contributed by atoms with E-state index in [-0.39, 0.29) is 47.8 Å². The lowest BCUT2D eigenvalue weighted by atomic mass is 9.94. The molecule has 11 heteroatoms. The number of aromatic nitrogens is 1. The first-order valence-electron chi connectivity index (χ1n) is 17.7. The molecule has 11 nitrogen and oxygen atoms in total. The van der Waals surface area contributed by atoms with Gasteiger partial charge < -0.3 is 19.5 Å². The number of carbonyl (C=O) groups is 3. The summed E-state index contributed by atoms with van der Waals surface area (Å²) in [6.07, 6.45) is 2.65. The quantitative estimate of drug-likeness (QED) is 0.228. The molecule has 2 N–H and O–H groups in total. The number of likely N-dealkylation sites (tertiary alicyclic amines) is 1. The lowest BCUT2D eigenvalue weighted by Gasteiger charge is -2.46. The second-order valence-electron chi connectivity index (χ2n) is 14.6. The maximum atomic E-state index is 12.7. The number of ether oxygens (including phenoxy) is 1. The minimum absolute atomic E-state index is 0.0706. The SMILES string of the molecule is Cc1ccc(-c2c(C)noc2C)cc1N(CC(C)OC1CN([C@H](C)C(C)CC(=O)NC2CCC(=O)NC2=O)C1)c1ccc(C2(C#N)CC2)cc1. The van der Waals surface area contributed by atoms with Gasteiger partial charge >= 0.3 is 0 Å². The van der Waals surface area contributed by atoms with Crippen molar-refractivity contribution in [2.24, 2.45) is 5.92 Å². The fourth-order valence-electron chi connectivity index (χ4n) is 7.27. The molecule has 2 saturated heterocycles. The number of hydrogen-bond donors (Lipinski definition) is 2. The summed E-state index contributed by atoms with van der Waals surface area (Å²) in [5.74, 6) is -0.0546. The molecular weight excluding hydrogens is 632 g/mol. The van der Waals surface area contributed by atoms with Crippen LogP contribution < -0.4 is 15.5 Å². The number of carbonyl (C=O) groups excluding carboxylic acids is 3. The van der Waals surface area contributed by atoms with E-state index in [4.69, 9.17) is 9.26 Å². The summed E-state index contributed by atoms with van der Waals surface area (Å²) >= 11 is 0. The Morgan fingerprint density at radius 3 is 2.48 bits per heavy atom. The fraction of sp³-hybridized carbons (Fsp3) is 0.513. The van der Waals surface area contributed by atoms with Crippen molar-refractivity contribution >= 4 is 29.1 Å². The number of nitrogens with one attached hydrogen (secondary N) is 2. The number of piperidine rings is 1. The van der Waals surface area contributed by atoms with Crippen LogP contribution in [-0.2, 0) is 24.5 Å². The summed E-state index contributed by atoms with van der Waals surface area (Å²) in [7, 11) is 0. The molecule has 6 rings (SSSR count). The van der Waals surface area contributed by atoms with Gasteiger partial charge in [-0.3, -0.25) is 24.6 Å². The van der Waals surface area contributed by atoms with Crippen LogP contribution in [0.1, 0.15) is 75.5 Å². The van der Waals surface area contributed by atoms with Crippen LogP contribution in [-0.4, -0.2) is 71.7 Å². The highest BCUT2D eigenvalue weighted by Gasteiger charge is 2.45. The minimum atomic E-state index is -0.655. The molecule has 2 aromatic carbocycles. The molecule has 1 aromatic heterocycles. The first kappa shape index (κ1) is 35.3. The van der Waals surface area contributed by atoms with E-state index >= 15 is 0 Å². The van der Waals surface area contributed by atoms with Crippen molar-refractivity contribution in [2.45, 2.75) is 103 Å². The Hall–Kier alpha value is -4.53. The Morgan fingerprint density at radius 2 is 1.86 bits per heavy atom. The zero-order valence-electron chi connectivity index (χ0n) is 29.9. The minimum Gasteiger partial charge on any atom is -0.371 e.